The maximum absolute atomic E-state index is 3.87. The Balaban J connectivity index is 2.21. The first-order valence-electron chi connectivity index (χ1n) is 4.73. The summed E-state index contributed by atoms with van der Waals surface area (Å²) in [5, 5.41) is 14.9. The zero-order chi connectivity index (χ0) is 8.49. The van der Waals surface area contributed by atoms with E-state index < -0.39 is 0 Å². The van der Waals surface area contributed by atoms with E-state index in [1.807, 2.05) is 0 Å². The predicted molar refractivity (Wildman–Crippen MR) is 47.1 cm³/mol. The van der Waals surface area contributed by atoms with Gasteiger partial charge >= 0.3 is 0 Å². The molecule has 0 aromatic carbocycles. The van der Waals surface area contributed by atoms with Crippen molar-refractivity contribution < 1.29 is 0 Å². The Morgan fingerprint density at radius 3 is 1.42 bits per heavy atom. The van der Waals surface area contributed by atoms with Crippen molar-refractivity contribution in [3.8, 4) is 0 Å². The van der Waals surface area contributed by atoms with Crippen molar-refractivity contribution in [1.29, 1.82) is 0 Å². The highest BCUT2D eigenvalue weighted by Gasteiger charge is 1.91. The summed E-state index contributed by atoms with van der Waals surface area (Å²) in [7, 11) is 0. The van der Waals surface area contributed by atoms with Crippen LogP contribution in [0.25, 0.3) is 0 Å². The standard InChI is InChI=1S/C8H16N4/c1-2-4-6-8-10-12-11-9-7-5-3-1/h1-8H2/b11-9-,12-10+. The Bertz CT molecular complexity index is 135. The minimum absolute atomic E-state index is 0.805. The molecule has 1 aliphatic rings. The van der Waals surface area contributed by atoms with E-state index in [-0.39, 0.29) is 0 Å². The molecule has 0 radical (unpaired) electrons. The van der Waals surface area contributed by atoms with Gasteiger partial charge in [-0.1, -0.05) is 25.7 Å². The van der Waals surface area contributed by atoms with Crippen LogP contribution in [-0.4, -0.2) is 13.1 Å². The summed E-state index contributed by atoms with van der Waals surface area (Å²) in [4.78, 5) is 0. The largest absolute Gasteiger partial charge is 0.167 e. The van der Waals surface area contributed by atoms with Gasteiger partial charge in [-0.25, -0.2) is 0 Å². The smallest absolute Gasteiger partial charge is 0.0621 e. The molecular formula is C8H16N4. The second kappa shape index (κ2) is 6.88. The van der Waals surface area contributed by atoms with Crippen LogP contribution in [0.4, 0.5) is 0 Å². The SMILES string of the molecule is C1CCCC/N=N/N=N\CCC1. The maximum atomic E-state index is 3.87. The fourth-order valence-corrected chi connectivity index (χ4v) is 1.22. The van der Waals surface area contributed by atoms with Crippen LogP contribution >= 0.6 is 0 Å². The van der Waals surface area contributed by atoms with Gasteiger partial charge in [0.15, 0.2) is 0 Å². The molecular weight excluding hydrogens is 152 g/mol. The predicted octanol–water partition coefficient (Wildman–Crippen LogP) is 3.16. The molecule has 0 unspecified atom stereocenters. The van der Waals surface area contributed by atoms with Crippen molar-refractivity contribution in [2.75, 3.05) is 13.1 Å². The molecule has 0 fully saturated rings. The molecule has 0 N–H and O–H groups in total. The number of rotatable bonds is 0. The molecule has 0 saturated heterocycles. The van der Waals surface area contributed by atoms with Crippen molar-refractivity contribution in [3.63, 3.8) is 0 Å². The van der Waals surface area contributed by atoms with Crippen molar-refractivity contribution in [3.05, 3.63) is 0 Å². The van der Waals surface area contributed by atoms with Crippen molar-refractivity contribution >= 4 is 0 Å². The Labute approximate surface area is 73.2 Å². The fourth-order valence-electron chi connectivity index (χ4n) is 1.22. The third-order valence-corrected chi connectivity index (χ3v) is 1.93. The minimum Gasteiger partial charge on any atom is -0.167 e. The fraction of sp³-hybridized carbons (Fsp3) is 1.00. The van der Waals surface area contributed by atoms with E-state index in [9.17, 15) is 0 Å². The van der Waals surface area contributed by atoms with Gasteiger partial charge in [0.1, 0.15) is 0 Å². The Kier molecular flexibility index (Phi) is 5.33. The highest BCUT2D eigenvalue weighted by Crippen LogP contribution is 2.06. The van der Waals surface area contributed by atoms with E-state index in [2.05, 4.69) is 20.7 Å². The van der Waals surface area contributed by atoms with Gasteiger partial charge in [-0.2, -0.15) is 10.2 Å². The van der Waals surface area contributed by atoms with Gasteiger partial charge in [0.05, 0.1) is 13.1 Å². The summed E-state index contributed by atoms with van der Waals surface area (Å²) < 4.78 is 0. The topological polar surface area (TPSA) is 49.4 Å². The van der Waals surface area contributed by atoms with E-state index >= 15 is 0 Å². The zero-order valence-corrected chi connectivity index (χ0v) is 7.45. The summed E-state index contributed by atoms with van der Waals surface area (Å²) in [6, 6.07) is 0. The van der Waals surface area contributed by atoms with Crippen LogP contribution in [0.5, 0.6) is 0 Å². The lowest BCUT2D eigenvalue weighted by Crippen LogP contribution is -1.85. The van der Waals surface area contributed by atoms with Crippen LogP contribution in [0, 0.1) is 0 Å². The van der Waals surface area contributed by atoms with Crippen LogP contribution in [0.2, 0.25) is 0 Å². The van der Waals surface area contributed by atoms with E-state index in [0.717, 1.165) is 25.9 Å². The Hall–Kier alpha value is -0.800. The normalized spacial score (nSPS) is 26.7. The molecule has 4 heteroatoms. The van der Waals surface area contributed by atoms with Gasteiger partial charge in [-0.3, -0.25) is 0 Å². The molecule has 0 saturated carbocycles. The van der Waals surface area contributed by atoms with Gasteiger partial charge in [0, 0.05) is 0 Å². The Morgan fingerprint density at radius 2 is 0.917 bits per heavy atom. The molecule has 0 aliphatic carbocycles. The van der Waals surface area contributed by atoms with E-state index in [1.54, 1.807) is 0 Å². The quantitative estimate of drug-likeness (QED) is 0.533. The lowest BCUT2D eigenvalue weighted by molar-refractivity contribution is 0.582. The zero-order valence-electron chi connectivity index (χ0n) is 7.45. The first kappa shape index (κ1) is 9.29. The van der Waals surface area contributed by atoms with Crippen LogP contribution in [0.15, 0.2) is 20.7 Å². The van der Waals surface area contributed by atoms with E-state index in [0.29, 0.717) is 0 Å². The summed E-state index contributed by atoms with van der Waals surface area (Å²) in [5.74, 6) is 0. The summed E-state index contributed by atoms with van der Waals surface area (Å²) in [6.07, 6.45) is 7.48. The summed E-state index contributed by atoms with van der Waals surface area (Å²) >= 11 is 0. The molecule has 1 aliphatic heterocycles. The molecule has 0 aromatic rings. The molecule has 1 heterocycles. The maximum Gasteiger partial charge on any atom is 0.0621 e. The third kappa shape index (κ3) is 4.93. The van der Waals surface area contributed by atoms with Gasteiger partial charge in [0.2, 0.25) is 0 Å². The number of nitrogens with zero attached hydrogens (tertiary/aromatic N) is 4. The molecule has 0 spiro atoms. The second-order valence-electron chi connectivity index (χ2n) is 3.03. The first-order chi connectivity index (χ1) is 6.00. The highest BCUT2D eigenvalue weighted by atomic mass is 15.5. The van der Waals surface area contributed by atoms with E-state index in [4.69, 9.17) is 0 Å². The lowest BCUT2D eigenvalue weighted by atomic mass is 10.1. The molecule has 1 rings (SSSR count). The average Bonchev–Trinajstić information content (AvgIpc) is 2.05. The molecule has 0 aromatic heterocycles. The third-order valence-electron chi connectivity index (χ3n) is 1.93. The summed E-state index contributed by atoms with van der Waals surface area (Å²) in [5.41, 5.74) is 0. The number of hydrogen-bond donors (Lipinski definition) is 0. The lowest BCUT2D eigenvalue weighted by Gasteiger charge is -1.98. The minimum atomic E-state index is 0.805. The summed E-state index contributed by atoms with van der Waals surface area (Å²) in [6.45, 7) is 1.61. The molecule has 0 bridgehead atoms. The first-order valence-corrected chi connectivity index (χ1v) is 4.73. The molecule has 4 nitrogen and oxygen atoms in total. The molecule has 12 heavy (non-hydrogen) atoms. The van der Waals surface area contributed by atoms with E-state index in [1.165, 1.54) is 25.7 Å². The molecule has 0 amide bonds. The van der Waals surface area contributed by atoms with Crippen LogP contribution in [0.3, 0.4) is 0 Å². The van der Waals surface area contributed by atoms with Gasteiger partial charge < -0.3 is 0 Å². The van der Waals surface area contributed by atoms with Gasteiger partial charge in [0.25, 0.3) is 0 Å². The monoisotopic (exact) mass is 168 g/mol. The Morgan fingerprint density at radius 1 is 0.500 bits per heavy atom. The number of hydrogen-bond acceptors (Lipinski definition) is 4. The van der Waals surface area contributed by atoms with Crippen LogP contribution < -0.4 is 0 Å². The average molecular weight is 168 g/mol. The molecule has 0 atom stereocenters. The highest BCUT2D eigenvalue weighted by molar-refractivity contribution is 4.49. The van der Waals surface area contributed by atoms with Gasteiger partial charge in [-0.15, -0.1) is 0 Å². The van der Waals surface area contributed by atoms with Crippen LogP contribution in [0.1, 0.15) is 38.5 Å². The second-order valence-corrected chi connectivity index (χ2v) is 3.03. The molecule has 68 valence electrons. The van der Waals surface area contributed by atoms with Crippen molar-refractivity contribution in [2.45, 2.75) is 38.5 Å². The van der Waals surface area contributed by atoms with Crippen molar-refractivity contribution in [1.82, 2.24) is 0 Å². The van der Waals surface area contributed by atoms with Gasteiger partial charge in [-0.05, 0) is 23.3 Å². The van der Waals surface area contributed by atoms with Crippen LogP contribution in [-0.2, 0) is 0 Å². The van der Waals surface area contributed by atoms with Crippen molar-refractivity contribution in [2.24, 2.45) is 20.7 Å².